The molecule has 4 heteroatoms. The maximum Gasteiger partial charge on any atom is 0.303 e. The van der Waals surface area contributed by atoms with Gasteiger partial charge >= 0.3 is 5.97 Å². The number of benzene rings is 1. The van der Waals surface area contributed by atoms with E-state index in [-0.39, 0.29) is 12.3 Å². The summed E-state index contributed by atoms with van der Waals surface area (Å²) in [5, 5.41) is 9.05. The van der Waals surface area contributed by atoms with Crippen molar-refractivity contribution >= 4 is 21.9 Å². The van der Waals surface area contributed by atoms with Crippen molar-refractivity contribution < 1.29 is 14.6 Å². The second-order valence-electron chi connectivity index (χ2n) is 4.89. The van der Waals surface area contributed by atoms with Crippen LogP contribution in [0.2, 0.25) is 0 Å². The number of rotatable bonds is 5. The Kier molecular flexibility index (Phi) is 3.95. The Morgan fingerprint density at radius 3 is 2.72 bits per heavy atom. The smallest absolute Gasteiger partial charge is 0.303 e. The van der Waals surface area contributed by atoms with E-state index in [1.807, 2.05) is 19.1 Å². The molecule has 98 valence electrons. The van der Waals surface area contributed by atoms with E-state index in [1.165, 1.54) is 0 Å². The van der Waals surface area contributed by atoms with Gasteiger partial charge in [-0.25, -0.2) is 0 Å². The maximum absolute atomic E-state index is 11.0. The van der Waals surface area contributed by atoms with Crippen molar-refractivity contribution in [2.45, 2.75) is 32.1 Å². The summed E-state index contributed by atoms with van der Waals surface area (Å²) in [6.45, 7) is 2.02. The Labute approximate surface area is 115 Å². The highest BCUT2D eigenvalue weighted by Crippen LogP contribution is 2.46. The Morgan fingerprint density at radius 1 is 1.56 bits per heavy atom. The van der Waals surface area contributed by atoms with Gasteiger partial charge in [0.25, 0.3) is 0 Å². The number of halogens is 1. The number of hydrogen-bond donors (Lipinski definition) is 1. The summed E-state index contributed by atoms with van der Waals surface area (Å²) in [5.41, 5.74) is 2.24. The van der Waals surface area contributed by atoms with Gasteiger partial charge in [0.1, 0.15) is 5.75 Å². The predicted molar refractivity (Wildman–Crippen MR) is 73.1 cm³/mol. The summed E-state index contributed by atoms with van der Waals surface area (Å²) in [6, 6.07) is 3.98. The molecule has 1 unspecified atom stereocenters. The van der Waals surface area contributed by atoms with E-state index in [0.717, 1.165) is 34.2 Å². The van der Waals surface area contributed by atoms with E-state index in [2.05, 4.69) is 15.9 Å². The van der Waals surface area contributed by atoms with Crippen LogP contribution in [0.15, 0.2) is 16.6 Å². The fourth-order valence-corrected chi connectivity index (χ4v) is 2.97. The third-order valence-electron chi connectivity index (χ3n) is 3.53. The van der Waals surface area contributed by atoms with E-state index in [0.29, 0.717) is 5.92 Å². The van der Waals surface area contributed by atoms with Crippen LogP contribution < -0.4 is 4.74 Å². The first-order valence-electron chi connectivity index (χ1n) is 6.08. The molecule has 0 radical (unpaired) electrons. The third-order valence-corrected chi connectivity index (χ3v) is 4.15. The van der Waals surface area contributed by atoms with Gasteiger partial charge in [0.05, 0.1) is 18.0 Å². The normalized spacial score (nSPS) is 16.4. The largest absolute Gasteiger partial charge is 0.496 e. The topological polar surface area (TPSA) is 46.5 Å². The standard InChI is InChI=1S/C14H17BrO3/c1-8-5-13(18-2)12(15)6-10(8)11(7-14(16)17)9-3-4-9/h5-6,9,11H,3-4,7H2,1-2H3,(H,16,17). The number of carbonyl (C=O) groups is 1. The lowest BCUT2D eigenvalue weighted by Gasteiger charge is -2.18. The van der Waals surface area contributed by atoms with Gasteiger partial charge in [0, 0.05) is 0 Å². The molecule has 0 heterocycles. The number of aliphatic carboxylic acids is 1. The minimum Gasteiger partial charge on any atom is -0.496 e. The Balaban J connectivity index is 2.35. The van der Waals surface area contributed by atoms with E-state index >= 15 is 0 Å². The average molecular weight is 313 g/mol. The van der Waals surface area contributed by atoms with Crippen molar-refractivity contribution in [3.8, 4) is 5.75 Å². The minimum absolute atomic E-state index is 0.129. The molecule has 1 saturated carbocycles. The Hall–Kier alpha value is -1.03. The first-order chi connectivity index (χ1) is 8.52. The van der Waals surface area contributed by atoms with Crippen molar-refractivity contribution in [1.82, 2.24) is 0 Å². The zero-order chi connectivity index (χ0) is 13.3. The van der Waals surface area contributed by atoms with Crippen LogP contribution in [0, 0.1) is 12.8 Å². The van der Waals surface area contributed by atoms with Crippen LogP contribution in [0.3, 0.4) is 0 Å². The van der Waals surface area contributed by atoms with Gasteiger partial charge in [-0.3, -0.25) is 4.79 Å². The first kappa shape index (κ1) is 13.4. The van der Waals surface area contributed by atoms with E-state index < -0.39 is 5.97 Å². The van der Waals surface area contributed by atoms with Crippen molar-refractivity contribution in [2.24, 2.45) is 5.92 Å². The summed E-state index contributed by atoms with van der Waals surface area (Å²) >= 11 is 3.47. The molecule has 1 aliphatic rings. The molecule has 1 N–H and O–H groups in total. The number of hydrogen-bond acceptors (Lipinski definition) is 2. The van der Waals surface area contributed by atoms with Gasteiger partial charge in [-0.05, 0) is 70.8 Å². The van der Waals surface area contributed by atoms with Crippen LogP contribution in [0.25, 0.3) is 0 Å². The van der Waals surface area contributed by atoms with Crippen LogP contribution in [-0.4, -0.2) is 18.2 Å². The summed E-state index contributed by atoms with van der Waals surface area (Å²) in [7, 11) is 1.63. The highest BCUT2D eigenvalue weighted by Gasteiger charge is 2.34. The number of ether oxygens (including phenoxy) is 1. The monoisotopic (exact) mass is 312 g/mol. The fourth-order valence-electron chi connectivity index (χ4n) is 2.44. The molecule has 1 aromatic carbocycles. The molecule has 1 atom stereocenters. The number of carboxylic acids is 1. The Morgan fingerprint density at radius 2 is 2.22 bits per heavy atom. The van der Waals surface area contributed by atoms with Crippen LogP contribution in [0.1, 0.15) is 36.3 Å². The lowest BCUT2D eigenvalue weighted by Crippen LogP contribution is -2.10. The highest BCUT2D eigenvalue weighted by atomic mass is 79.9. The molecular formula is C14H17BrO3. The van der Waals surface area contributed by atoms with Crippen molar-refractivity contribution in [3.63, 3.8) is 0 Å². The van der Waals surface area contributed by atoms with Crippen LogP contribution in [0.4, 0.5) is 0 Å². The molecule has 1 fully saturated rings. The minimum atomic E-state index is -0.724. The van der Waals surface area contributed by atoms with E-state index in [4.69, 9.17) is 9.84 Å². The lowest BCUT2D eigenvalue weighted by molar-refractivity contribution is -0.137. The van der Waals surface area contributed by atoms with Crippen molar-refractivity contribution in [1.29, 1.82) is 0 Å². The summed E-state index contributed by atoms with van der Waals surface area (Å²) in [5.74, 6) is 0.726. The van der Waals surface area contributed by atoms with Crippen LogP contribution >= 0.6 is 15.9 Å². The summed E-state index contributed by atoms with van der Waals surface area (Å²) in [6.07, 6.45) is 2.49. The molecule has 0 aromatic heterocycles. The fraction of sp³-hybridized carbons (Fsp3) is 0.500. The molecule has 18 heavy (non-hydrogen) atoms. The van der Waals surface area contributed by atoms with Gasteiger partial charge in [-0.1, -0.05) is 0 Å². The number of carboxylic acid groups (broad SMARTS) is 1. The summed E-state index contributed by atoms with van der Waals surface area (Å²) < 4.78 is 6.14. The van der Waals surface area contributed by atoms with Gasteiger partial charge in [-0.15, -0.1) is 0 Å². The zero-order valence-electron chi connectivity index (χ0n) is 10.6. The van der Waals surface area contributed by atoms with Crippen molar-refractivity contribution in [3.05, 3.63) is 27.7 Å². The van der Waals surface area contributed by atoms with Crippen molar-refractivity contribution in [2.75, 3.05) is 7.11 Å². The molecule has 0 saturated heterocycles. The van der Waals surface area contributed by atoms with Gasteiger partial charge in [-0.2, -0.15) is 0 Å². The molecule has 3 nitrogen and oxygen atoms in total. The van der Waals surface area contributed by atoms with Crippen LogP contribution in [-0.2, 0) is 4.79 Å². The molecule has 2 rings (SSSR count). The quantitative estimate of drug-likeness (QED) is 0.901. The molecule has 0 bridgehead atoms. The molecular weight excluding hydrogens is 296 g/mol. The second-order valence-corrected chi connectivity index (χ2v) is 5.74. The highest BCUT2D eigenvalue weighted by molar-refractivity contribution is 9.10. The summed E-state index contributed by atoms with van der Waals surface area (Å²) in [4.78, 5) is 11.0. The first-order valence-corrected chi connectivity index (χ1v) is 6.88. The zero-order valence-corrected chi connectivity index (χ0v) is 12.2. The van der Waals surface area contributed by atoms with E-state index in [9.17, 15) is 4.79 Å². The second kappa shape index (κ2) is 5.31. The number of aryl methyl sites for hydroxylation is 1. The molecule has 0 spiro atoms. The molecule has 1 aliphatic carbocycles. The van der Waals surface area contributed by atoms with Crippen LogP contribution in [0.5, 0.6) is 5.75 Å². The molecule has 0 aliphatic heterocycles. The van der Waals surface area contributed by atoms with Gasteiger partial charge in [0.15, 0.2) is 0 Å². The SMILES string of the molecule is COc1cc(C)c(C(CC(=O)O)C2CC2)cc1Br. The average Bonchev–Trinajstić information content (AvgIpc) is 3.12. The third kappa shape index (κ3) is 2.86. The maximum atomic E-state index is 11.0. The molecule has 0 amide bonds. The predicted octanol–water partition coefficient (Wildman–Crippen LogP) is 3.73. The van der Waals surface area contributed by atoms with Gasteiger partial charge in [0.2, 0.25) is 0 Å². The lowest BCUT2D eigenvalue weighted by atomic mass is 9.88. The van der Waals surface area contributed by atoms with E-state index in [1.54, 1.807) is 7.11 Å². The molecule has 1 aromatic rings. The van der Waals surface area contributed by atoms with Gasteiger partial charge < -0.3 is 9.84 Å². The number of methoxy groups -OCH3 is 1. The Bertz CT molecular complexity index is 466.